The molecule has 1 atom stereocenters. The Morgan fingerprint density at radius 2 is 2.43 bits per heavy atom. The number of nitriles is 1. The van der Waals surface area contributed by atoms with Crippen LogP contribution in [0.2, 0.25) is 5.22 Å². The zero-order valence-corrected chi connectivity index (χ0v) is 9.57. The van der Waals surface area contributed by atoms with E-state index in [1.165, 1.54) is 0 Å². The number of hydrogen-bond acceptors (Lipinski definition) is 3. The summed E-state index contributed by atoms with van der Waals surface area (Å²) in [5.41, 5.74) is 0. The summed E-state index contributed by atoms with van der Waals surface area (Å²) in [6.07, 6.45) is 1.54. The molecular weight excluding hydrogens is 218 g/mol. The van der Waals surface area contributed by atoms with Crippen LogP contribution in [0.1, 0.15) is 25.5 Å². The normalized spacial score (nSPS) is 12.4. The fraction of sp³-hybridized carbons (Fsp3) is 0.500. The molecule has 1 unspecified atom stereocenters. The summed E-state index contributed by atoms with van der Waals surface area (Å²) in [6, 6.07) is 5.77. The Labute approximate surface area is 93.2 Å². The van der Waals surface area contributed by atoms with E-state index in [9.17, 15) is 0 Å². The van der Waals surface area contributed by atoms with Crippen LogP contribution in [-0.4, -0.2) is 5.25 Å². The lowest BCUT2D eigenvalue weighted by atomic mass is 10.3. The lowest BCUT2D eigenvalue weighted by molar-refractivity contribution is 0.532. The number of rotatable bonds is 5. The second-order valence-electron chi connectivity index (χ2n) is 3.02. The third-order valence-electron chi connectivity index (χ3n) is 1.80. The van der Waals surface area contributed by atoms with Crippen molar-refractivity contribution in [2.45, 2.75) is 30.8 Å². The fourth-order valence-electron chi connectivity index (χ4n) is 1.00. The van der Waals surface area contributed by atoms with Crippen LogP contribution in [0.4, 0.5) is 0 Å². The molecule has 1 rings (SSSR count). The Balaban J connectivity index is 2.24. The van der Waals surface area contributed by atoms with Gasteiger partial charge in [-0.1, -0.05) is 6.92 Å². The van der Waals surface area contributed by atoms with Crippen LogP contribution in [0.25, 0.3) is 0 Å². The van der Waals surface area contributed by atoms with E-state index in [0.29, 0.717) is 16.9 Å². The van der Waals surface area contributed by atoms with E-state index in [-0.39, 0.29) is 0 Å². The molecule has 0 aromatic carbocycles. The van der Waals surface area contributed by atoms with E-state index in [1.807, 2.05) is 6.07 Å². The highest BCUT2D eigenvalue weighted by Gasteiger charge is 2.05. The summed E-state index contributed by atoms with van der Waals surface area (Å²) in [6.45, 7) is 2.12. The summed E-state index contributed by atoms with van der Waals surface area (Å²) < 4.78 is 5.22. The van der Waals surface area contributed by atoms with Crippen LogP contribution < -0.4 is 0 Å². The summed E-state index contributed by atoms with van der Waals surface area (Å²) in [5.74, 6) is 1.71. The number of thioether (sulfide) groups is 1. The first kappa shape index (κ1) is 11.5. The Morgan fingerprint density at radius 1 is 1.64 bits per heavy atom. The van der Waals surface area contributed by atoms with E-state index in [4.69, 9.17) is 21.3 Å². The van der Waals surface area contributed by atoms with Crippen LogP contribution in [-0.2, 0) is 5.75 Å². The Hall–Kier alpha value is -0.590. The molecule has 0 aliphatic heterocycles. The molecule has 0 fully saturated rings. The molecule has 0 radical (unpaired) electrons. The van der Waals surface area contributed by atoms with Gasteiger partial charge in [0.15, 0.2) is 5.22 Å². The Morgan fingerprint density at radius 3 is 3.00 bits per heavy atom. The standard InChI is InChI=1S/C10H12ClNOS/c1-8(3-2-6-12)14-7-9-4-5-10(11)13-9/h4-5,8H,2-3,7H2,1H3. The smallest absolute Gasteiger partial charge is 0.193 e. The van der Waals surface area contributed by atoms with Gasteiger partial charge in [0.05, 0.1) is 11.8 Å². The SMILES string of the molecule is CC(CCC#N)SCc1ccc(Cl)o1. The molecule has 0 aliphatic carbocycles. The van der Waals surface area contributed by atoms with Gasteiger partial charge < -0.3 is 4.42 Å². The minimum absolute atomic E-state index is 0.435. The van der Waals surface area contributed by atoms with Gasteiger partial charge in [0.25, 0.3) is 0 Å². The molecule has 0 spiro atoms. The van der Waals surface area contributed by atoms with Crippen molar-refractivity contribution < 1.29 is 4.42 Å². The predicted octanol–water partition coefficient (Wildman–Crippen LogP) is 3.86. The van der Waals surface area contributed by atoms with E-state index in [2.05, 4.69) is 13.0 Å². The van der Waals surface area contributed by atoms with Crippen molar-refractivity contribution in [3.8, 4) is 6.07 Å². The maximum atomic E-state index is 8.41. The molecular formula is C10H12ClNOS. The summed E-state index contributed by atoms with van der Waals surface area (Å²) in [7, 11) is 0. The van der Waals surface area contributed by atoms with E-state index in [0.717, 1.165) is 17.9 Å². The first-order valence-electron chi connectivity index (χ1n) is 4.45. The fourth-order valence-corrected chi connectivity index (χ4v) is 2.06. The molecule has 76 valence electrons. The lowest BCUT2D eigenvalue weighted by Crippen LogP contribution is -1.95. The average Bonchev–Trinajstić information content (AvgIpc) is 2.58. The molecule has 0 saturated carbocycles. The summed E-state index contributed by atoms with van der Waals surface area (Å²) in [4.78, 5) is 0. The second-order valence-corrected chi connectivity index (χ2v) is 4.82. The zero-order valence-electron chi connectivity index (χ0n) is 8.00. The molecule has 14 heavy (non-hydrogen) atoms. The molecule has 0 bridgehead atoms. The van der Waals surface area contributed by atoms with Crippen LogP contribution in [0.15, 0.2) is 16.5 Å². The van der Waals surface area contributed by atoms with Crippen molar-refractivity contribution in [3.63, 3.8) is 0 Å². The first-order valence-corrected chi connectivity index (χ1v) is 5.88. The third kappa shape index (κ3) is 4.08. The largest absolute Gasteiger partial charge is 0.449 e. The topological polar surface area (TPSA) is 36.9 Å². The number of halogens is 1. The highest BCUT2D eigenvalue weighted by molar-refractivity contribution is 7.99. The number of furan rings is 1. The van der Waals surface area contributed by atoms with Gasteiger partial charge in [-0.15, -0.1) is 0 Å². The predicted molar refractivity (Wildman–Crippen MR) is 59.3 cm³/mol. The Bertz CT molecular complexity index is 318. The molecule has 1 aromatic heterocycles. The molecule has 0 saturated heterocycles. The van der Waals surface area contributed by atoms with Gasteiger partial charge in [0, 0.05) is 11.7 Å². The molecule has 0 amide bonds. The van der Waals surface area contributed by atoms with Gasteiger partial charge in [0.2, 0.25) is 0 Å². The average molecular weight is 230 g/mol. The molecule has 2 nitrogen and oxygen atoms in total. The molecule has 1 aromatic rings. The minimum atomic E-state index is 0.435. The molecule has 0 aliphatic rings. The third-order valence-corrected chi connectivity index (χ3v) is 3.26. The molecule has 4 heteroatoms. The van der Waals surface area contributed by atoms with E-state index < -0.39 is 0 Å². The quantitative estimate of drug-likeness (QED) is 0.770. The van der Waals surface area contributed by atoms with Crippen molar-refractivity contribution in [3.05, 3.63) is 23.1 Å². The highest BCUT2D eigenvalue weighted by atomic mass is 35.5. The van der Waals surface area contributed by atoms with Crippen LogP contribution in [0.3, 0.4) is 0 Å². The zero-order chi connectivity index (χ0) is 10.4. The summed E-state index contributed by atoms with van der Waals surface area (Å²) in [5, 5.41) is 9.33. The van der Waals surface area contributed by atoms with Crippen molar-refractivity contribution in [2.75, 3.05) is 0 Å². The van der Waals surface area contributed by atoms with Crippen LogP contribution in [0.5, 0.6) is 0 Å². The van der Waals surface area contributed by atoms with Gasteiger partial charge in [-0.3, -0.25) is 0 Å². The van der Waals surface area contributed by atoms with Crippen LogP contribution >= 0.6 is 23.4 Å². The van der Waals surface area contributed by atoms with Crippen molar-refractivity contribution in [2.24, 2.45) is 0 Å². The second kappa shape index (κ2) is 6.00. The molecule has 1 heterocycles. The molecule has 0 N–H and O–H groups in total. The number of hydrogen-bond donors (Lipinski definition) is 0. The minimum Gasteiger partial charge on any atom is -0.449 e. The lowest BCUT2D eigenvalue weighted by Gasteiger charge is -2.06. The maximum Gasteiger partial charge on any atom is 0.193 e. The number of nitrogens with zero attached hydrogens (tertiary/aromatic N) is 1. The van der Waals surface area contributed by atoms with E-state index >= 15 is 0 Å². The van der Waals surface area contributed by atoms with Gasteiger partial charge in [0.1, 0.15) is 5.76 Å². The van der Waals surface area contributed by atoms with Crippen LogP contribution in [0, 0.1) is 11.3 Å². The first-order chi connectivity index (χ1) is 6.72. The van der Waals surface area contributed by atoms with Gasteiger partial charge >= 0.3 is 0 Å². The highest BCUT2D eigenvalue weighted by Crippen LogP contribution is 2.23. The van der Waals surface area contributed by atoms with Gasteiger partial charge in [-0.2, -0.15) is 17.0 Å². The summed E-state index contributed by atoms with van der Waals surface area (Å²) >= 11 is 7.42. The van der Waals surface area contributed by atoms with Crippen molar-refractivity contribution in [1.82, 2.24) is 0 Å². The van der Waals surface area contributed by atoms with Gasteiger partial charge in [-0.25, -0.2) is 0 Å². The van der Waals surface area contributed by atoms with E-state index in [1.54, 1.807) is 17.8 Å². The maximum absolute atomic E-state index is 8.41. The van der Waals surface area contributed by atoms with Crippen molar-refractivity contribution >= 4 is 23.4 Å². The Kier molecular flexibility index (Phi) is 4.92. The monoisotopic (exact) mass is 229 g/mol. The van der Waals surface area contributed by atoms with Gasteiger partial charge in [-0.05, 0) is 30.2 Å². The van der Waals surface area contributed by atoms with Crippen molar-refractivity contribution in [1.29, 1.82) is 5.26 Å².